The molecule has 2 nitrogen and oxygen atoms in total. The molecule has 0 radical (unpaired) electrons. The summed E-state index contributed by atoms with van der Waals surface area (Å²) in [5.74, 6) is 1.00. The van der Waals surface area contributed by atoms with Crippen LogP contribution in [-0.4, -0.2) is 15.3 Å². The second kappa shape index (κ2) is 6.50. The van der Waals surface area contributed by atoms with Crippen LogP contribution in [0.15, 0.2) is 70.4 Å². The average molecular weight is 359 g/mol. The molecule has 1 aromatic heterocycles. The summed E-state index contributed by atoms with van der Waals surface area (Å²) in [6.45, 7) is 2.15. The fourth-order valence-corrected chi connectivity index (χ4v) is 3.20. The van der Waals surface area contributed by atoms with Gasteiger partial charge in [0.25, 0.3) is 0 Å². The van der Waals surface area contributed by atoms with Crippen molar-refractivity contribution in [3.63, 3.8) is 0 Å². The van der Waals surface area contributed by atoms with Gasteiger partial charge in [0.2, 0.25) is 0 Å². The predicted octanol–water partition coefficient (Wildman–Crippen LogP) is 5.41. The van der Waals surface area contributed by atoms with Crippen molar-refractivity contribution in [1.82, 2.24) is 9.55 Å². The Morgan fingerprint density at radius 3 is 2.43 bits per heavy atom. The van der Waals surface area contributed by atoms with Gasteiger partial charge in [-0.25, -0.2) is 4.98 Å². The topological polar surface area (TPSA) is 17.8 Å². The van der Waals surface area contributed by atoms with Crippen molar-refractivity contribution in [2.45, 2.75) is 12.1 Å². The summed E-state index contributed by atoms with van der Waals surface area (Å²) < 4.78 is 3.30. The van der Waals surface area contributed by atoms with Crippen molar-refractivity contribution in [2.75, 3.05) is 5.75 Å². The smallest absolute Gasteiger partial charge is 0.173 e. The highest BCUT2D eigenvalue weighted by molar-refractivity contribution is 9.10. The molecule has 0 atom stereocenters. The van der Waals surface area contributed by atoms with E-state index in [9.17, 15) is 0 Å². The van der Waals surface area contributed by atoms with Crippen LogP contribution in [0.2, 0.25) is 0 Å². The van der Waals surface area contributed by atoms with Crippen LogP contribution in [0.4, 0.5) is 0 Å². The van der Waals surface area contributed by atoms with Crippen LogP contribution in [0.25, 0.3) is 16.9 Å². The molecule has 0 amide bonds. The fraction of sp³-hybridized carbons (Fsp3) is 0.118. The second-order valence-corrected chi connectivity index (χ2v) is 6.68. The van der Waals surface area contributed by atoms with Gasteiger partial charge < -0.3 is 0 Å². The summed E-state index contributed by atoms with van der Waals surface area (Å²) in [6, 6.07) is 18.7. The Morgan fingerprint density at radius 1 is 1.05 bits per heavy atom. The zero-order chi connectivity index (χ0) is 14.7. The summed E-state index contributed by atoms with van der Waals surface area (Å²) in [5.41, 5.74) is 3.42. The van der Waals surface area contributed by atoms with Crippen molar-refractivity contribution >= 4 is 27.7 Å². The lowest BCUT2D eigenvalue weighted by atomic mass is 10.1. The summed E-state index contributed by atoms with van der Waals surface area (Å²) >= 11 is 5.24. The molecule has 21 heavy (non-hydrogen) atoms. The van der Waals surface area contributed by atoms with E-state index in [0.29, 0.717) is 0 Å². The van der Waals surface area contributed by atoms with Gasteiger partial charge in [0, 0.05) is 15.7 Å². The number of hydrogen-bond donors (Lipinski definition) is 0. The molecule has 0 aliphatic heterocycles. The first-order valence-electron chi connectivity index (χ1n) is 6.81. The molecule has 1 heterocycles. The van der Waals surface area contributed by atoms with Crippen molar-refractivity contribution in [3.8, 4) is 16.9 Å². The first-order chi connectivity index (χ1) is 10.3. The van der Waals surface area contributed by atoms with Gasteiger partial charge in [0.05, 0.1) is 11.9 Å². The third-order valence-electron chi connectivity index (χ3n) is 3.16. The molecule has 0 saturated carbocycles. The van der Waals surface area contributed by atoms with E-state index in [1.54, 1.807) is 11.8 Å². The molecule has 3 rings (SSSR count). The highest BCUT2D eigenvalue weighted by Crippen LogP contribution is 2.30. The van der Waals surface area contributed by atoms with Crippen LogP contribution in [-0.2, 0) is 0 Å². The van der Waals surface area contributed by atoms with E-state index in [4.69, 9.17) is 0 Å². The number of thioether (sulfide) groups is 1. The Bertz CT molecular complexity index is 720. The Balaban J connectivity index is 2.15. The van der Waals surface area contributed by atoms with E-state index >= 15 is 0 Å². The minimum absolute atomic E-state index is 1.00. The first kappa shape index (κ1) is 14.4. The number of halogens is 1. The van der Waals surface area contributed by atoms with E-state index < -0.39 is 0 Å². The zero-order valence-electron chi connectivity index (χ0n) is 11.7. The number of imidazole rings is 1. The third kappa shape index (κ3) is 3.06. The Labute approximate surface area is 137 Å². The number of hydrogen-bond acceptors (Lipinski definition) is 2. The minimum Gasteiger partial charge on any atom is -0.287 e. The number of para-hydroxylation sites is 1. The van der Waals surface area contributed by atoms with Crippen molar-refractivity contribution < 1.29 is 0 Å². The molecular formula is C17H15BrN2S. The Hall–Kier alpha value is -1.52. The predicted molar refractivity (Wildman–Crippen MR) is 93.1 cm³/mol. The maximum atomic E-state index is 4.60. The monoisotopic (exact) mass is 358 g/mol. The largest absolute Gasteiger partial charge is 0.287 e. The Morgan fingerprint density at radius 2 is 1.76 bits per heavy atom. The van der Waals surface area contributed by atoms with Gasteiger partial charge in [-0.15, -0.1) is 0 Å². The van der Waals surface area contributed by atoms with Crippen LogP contribution >= 0.6 is 27.7 Å². The summed E-state index contributed by atoms with van der Waals surface area (Å²) in [6.07, 6.45) is 1.95. The maximum absolute atomic E-state index is 4.60. The van der Waals surface area contributed by atoms with Crippen LogP contribution in [0.3, 0.4) is 0 Å². The number of nitrogens with zero attached hydrogens (tertiary/aromatic N) is 2. The summed E-state index contributed by atoms with van der Waals surface area (Å²) in [7, 11) is 0. The molecule has 0 bridgehead atoms. The maximum Gasteiger partial charge on any atom is 0.173 e. The van der Waals surface area contributed by atoms with Gasteiger partial charge >= 0.3 is 0 Å². The van der Waals surface area contributed by atoms with Gasteiger partial charge in [0.1, 0.15) is 0 Å². The van der Waals surface area contributed by atoms with Crippen LogP contribution < -0.4 is 0 Å². The molecule has 3 aromatic rings. The molecule has 0 unspecified atom stereocenters. The van der Waals surface area contributed by atoms with Crippen LogP contribution in [0.5, 0.6) is 0 Å². The third-order valence-corrected chi connectivity index (χ3v) is 4.52. The average Bonchev–Trinajstić information content (AvgIpc) is 2.93. The van der Waals surface area contributed by atoms with Crippen molar-refractivity contribution in [2.24, 2.45) is 0 Å². The molecule has 0 aliphatic rings. The second-order valence-electron chi connectivity index (χ2n) is 4.54. The lowest BCUT2D eigenvalue weighted by molar-refractivity contribution is 0.901. The fourth-order valence-electron chi connectivity index (χ4n) is 2.22. The van der Waals surface area contributed by atoms with Crippen LogP contribution in [0, 0.1) is 0 Å². The van der Waals surface area contributed by atoms with Gasteiger partial charge in [-0.3, -0.25) is 4.57 Å². The molecule has 0 aliphatic carbocycles. The van der Waals surface area contributed by atoms with Gasteiger partial charge in [-0.05, 0) is 30.0 Å². The van der Waals surface area contributed by atoms with Crippen molar-refractivity contribution in [1.29, 1.82) is 0 Å². The highest BCUT2D eigenvalue weighted by atomic mass is 79.9. The number of rotatable bonds is 4. The standard InChI is InChI=1S/C17H15BrN2S/c1-2-21-17-19-12-16(13-8-10-14(18)11-9-13)20(17)15-6-4-3-5-7-15/h3-12H,2H2,1H3. The normalized spacial score (nSPS) is 10.8. The van der Waals surface area contributed by atoms with Crippen LogP contribution in [0.1, 0.15) is 6.92 Å². The van der Waals surface area contributed by atoms with E-state index in [2.05, 4.69) is 80.9 Å². The minimum atomic E-state index is 1.00. The Kier molecular flexibility index (Phi) is 4.46. The molecule has 0 fully saturated rings. The molecule has 4 heteroatoms. The highest BCUT2D eigenvalue weighted by Gasteiger charge is 2.13. The van der Waals surface area contributed by atoms with Crippen molar-refractivity contribution in [3.05, 3.63) is 65.3 Å². The molecule has 0 spiro atoms. The molecule has 106 valence electrons. The lowest BCUT2D eigenvalue weighted by Gasteiger charge is -2.11. The molecule has 0 N–H and O–H groups in total. The number of aromatic nitrogens is 2. The summed E-state index contributed by atoms with van der Waals surface area (Å²) in [5, 5.41) is 1.03. The van der Waals surface area contributed by atoms with E-state index in [-0.39, 0.29) is 0 Å². The van der Waals surface area contributed by atoms with Gasteiger partial charge in [-0.1, -0.05) is 64.9 Å². The van der Waals surface area contributed by atoms with Gasteiger partial charge in [-0.2, -0.15) is 0 Å². The quantitative estimate of drug-likeness (QED) is 0.580. The van der Waals surface area contributed by atoms with E-state index in [1.807, 2.05) is 12.3 Å². The zero-order valence-corrected chi connectivity index (χ0v) is 14.1. The van der Waals surface area contributed by atoms with Gasteiger partial charge in [0.15, 0.2) is 5.16 Å². The molecular weight excluding hydrogens is 344 g/mol. The molecule has 2 aromatic carbocycles. The van der Waals surface area contributed by atoms with E-state index in [1.165, 1.54) is 0 Å². The first-order valence-corrected chi connectivity index (χ1v) is 8.59. The number of benzene rings is 2. The lowest BCUT2D eigenvalue weighted by Crippen LogP contribution is -1.98. The van der Waals surface area contributed by atoms with E-state index in [0.717, 1.165) is 32.3 Å². The molecule has 0 saturated heterocycles. The SMILES string of the molecule is CCSc1ncc(-c2ccc(Br)cc2)n1-c1ccccc1. The summed E-state index contributed by atoms with van der Waals surface area (Å²) in [4.78, 5) is 4.60.